The molecule has 0 amide bonds. The van der Waals surface area contributed by atoms with Gasteiger partial charge in [-0.15, -0.1) is 0 Å². The second kappa shape index (κ2) is 7.94. The summed E-state index contributed by atoms with van der Waals surface area (Å²) in [5, 5.41) is 1.01. The highest BCUT2D eigenvalue weighted by Gasteiger charge is 2.48. The van der Waals surface area contributed by atoms with Gasteiger partial charge in [-0.1, -0.05) is 35.3 Å². The number of halogens is 2. The predicted molar refractivity (Wildman–Crippen MR) is 120 cm³/mol. The number of benzene rings is 1. The molecule has 2 saturated carbocycles. The van der Waals surface area contributed by atoms with Gasteiger partial charge in [0.25, 0.3) is 0 Å². The average Bonchev–Trinajstić information content (AvgIpc) is 3.49. The summed E-state index contributed by atoms with van der Waals surface area (Å²) in [6.07, 6.45) is 10.6. The topological polar surface area (TPSA) is 64.3 Å². The molecule has 5 rings (SSSR count). The second-order valence-corrected chi connectivity index (χ2v) is 9.83. The molecule has 1 saturated heterocycles. The third-order valence-corrected chi connectivity index (χ3v) is 7.82. The lowest BCUT2D eigenvalue weighted by molar-refractivity contribution is 0.0335. The Bertz CT molecular complexity index is 941. The first kappa shape index (κ1) is 20.5. The van der Waals surface area contributed by atoms with Crippen molar-refractivity contribution in [2.75, 3.05) is 18.0 Å². The van der Waals surface area contributed by atoms with Gasteiger partial charge in [-0.25, -0.2) is 9.97 Å². The van der Waals surface area contributed by atoms with Crippen molar-refractivity contribution >= 4 is 29.0 Å². The number of aromatic nitrogens is 2. The summed E-state index contributed by atoms with van der Waals surface area (Å²) in [5.41, 5.74) is 9.12. The highest BCUT2D eigenvalue weighted by Crippen LogP contribution is 2.48. The number of nitrogens with two attached hydrogens (primary N) is 1. The molecule has 5 nitrogen and oxygen atoms in total. The largest absolute Gasteiger partial charge is 0.375 e. The molecular weight excluding hydrogens is 419 g/mol. The number of hydrogen-bond donors (Lipinski definition) is 1. The fourth-order valence-electron chi connectivity index (χ4n) is 5.05. The van der Waals surface area contributed by atoms with E-state index in [1.165, 1.54) is 12.8 Å². The van der Waals surface area contributed by atoms with Gasteiger partial charge in [-0.2, -0.15) is 0 Å². The lowest BCUT2D eigenvalue weighted by Gasteiger charge is -2.42. The molecule has 0 unspecified atom stereocenters. The first-order valence-electron chi connectivity index (χ1n) is 10.8. The number of piperidine rings is 1. The van der Waals surface area contributed by atoms with Crippen molar-refractivity contribution in [2.45, 2.75) is 63.7 Å². The predicted octanol–water partition coefficient (Wildman–Crippen LogP) is 4.81. The summed E-state index contributed by atoms with van der Waals surface area (Å²) >= 11 is 12.5. The van der Waals surface area contributed by atoms with Crippen LogP contribution in [0.5, 0.6) is 0 Å². The summed E-state index contributed by atoms with van der Waals surface area (Å²) < 4.78 is 6.18. The minimum Gasteiger partial charge on any atom is -0.375 e. The molecule has 3 fully saturated rings. The molecule has 1 spiro atoms. The standard InChI is InChI=1S/C23H27Cl2N4O/c1-14-22(17-3-2-4-18(24)21(17)25)27-13-20(28-14)29-9-7-23(8-10-29)12-16(11-19(23)26)30-15-5-6-15/h2-4,15-16,19H,5-12,26H2,1H3/t16-,19+/m0/s1. The van der Waals surface area contributed by atoms with E-state index in [2.05, 4.69) is 16.1 Å². The molecule has 0 bridgehead atoms. The van der Waals surface area contributed by atoms with Crippen LogP contribution in [0.4, 0.5) is 5.82 Å². The monoisotopic (exact) mass is 445 g/mol. The van der Waals surface area contributed by atoms with Crippen LogP contribution in [0.15, 0.2) is 18.2 Å². The minimum absolute atomic E-state index is 0.201. The fourth-order valence-corrected chi connectivity index (χ4v) is 5.44. The van der Waals surface area contributed by atoms with Crippen LogP contribution in [0.1, 0.15) is 44.2 Å². The van der Waals surface area contributed by atoms with Crippen molar-refractivity contribution in [3.8, 4) is 11.3 Å². The molecule has 30 heavy (non-hydrogen) atoms. The first-order valence-corrected chi connectivity index (χ1v) is 11.6. The van der Waals surface area contributed by atoms with E-state index in [1.54, 1.807) is 6.07 Å². The maximum Gasteiger partial charge on any atom is 0.157 e. The molecule has 7 heteroatoms. The Morgan fingerprint density at radius 2 is 1.97 bits per heavy atom. The van der Waals surface area contributed by atoms with Crippen LogP contribution in [0, 0.1) is 18.5 Å². The number of nitrogens with zero attached hydrogens (tertiary/aromatic N) is 3. The lowest BCUT2D eigenvalue weighted by Crippen LogP contribution is -2.47. The molecular formula is C23H27Cl2N4O. The van der Waals surface area contributed by atoms with Crippen LogP contribution >= 0.6 is 23.2 Å². The molecule has 1 aromatic carbocycles. The summed E-state index contributed by atoms with van der Waals surface area (Å²) in [6.45, 7) is 3.80. The van der Waals surface area contributed by atoms with Gasteiger partial charge in [0.15, 0.2) is 5.82 Å². The zero-order valence-corrected chi connectivity index (χ0v) is 18.7. The number of ether oxygens (including phenoxy) is 1. The van der Waals surface area contributed by atoms with Crippen molar-refractivity contribution < 1.29 is 4.74 Å². The van der Waals surface area contributed by atoms with Gasteiger partial charge in [0.1, 0.15) is 6.20 Å². The number of rotatable bonds is 4. The molecule has 2 aliphatic carbocycles. The minimum atomic E-state index is 0.201. The quantitative estimate of drug-likeness (QED) is 0.730. The third kappa shape index (κ3) is 3.81. The smallest absolute Gasteiger partial charge is 0.157 e. The van der Waals surface area contributed by atoms with Crippen LogP contribution in [0.25, 0.3) is 11.3 Å². The molecule has 1 radical (unpaired) electrons. The second-order valence-electron chi connectivity index (χ2n) is 9.05. The van der Waals surface area contributed by atoms with Crippen molar-refractivity contribution in [1.29, 1.82) is 0 Å². The highest BCUT2D eigenvalue weighted by molar-refractivity contribution is 6.43. The zero-order valence-electron chi connectivity index (χ0n) is 17.2. The Balaban J connectivity index is 1.28. The number of aryl methyl sites for hydroxylation is 1. The normalized spacial score (nSPS) is 25.8. The van der Waals surface area contributed by atoms with E-state index in [9.17, 15) is 0 Å². The van der Waals surface area contributed by atoms with Crippen LogP contribution in [-0.4, -0.2) is 41.3 Å². The number of hydrogen-bond acceptors (Lipinski definition) is 5. The maximum absolute atomic E-state index is 6.59. The molecule has 1 aromatic heterocycles. The summed E-state index contributed by atoms with van der Waals surface area (Å²) in [6, 6.07) is 5.78. The van der Waals surface area contributed by atoms with E-state index in [0.29, 0.717) is 22.3 Å². The van der Waals surface area contributed by atoms with E-state index >= 15 is 0 Å². The lowest BCUT2D eigenvalue weighted by atomic mass is 9.74. The Kier molecular flexibility index (Phi) is 5.42. The summed E-state index contributed by atoms with van der Waals surface area (Å²) in [4.78, 5) is 11.6. The highest BCUT2D eigenvalue weighted by atomic mass is 35.5. The zero-order chi connectivity index (χ0) is 20.9. The molecule has 2 heterocycles. The fraction of sp³-hybridized carbons (Fsp3) is 0.565. The van der Waals surface area contributed by atoms with Gasteiger partial charge in [-0.05, 0) is 56.9 Å². The Morgan fingerprint density at radius 1 is 1.20 bits per heavy atom. The maximum atomic E-state index is 6.59. The van der Waals surface area contributed by atoms with E-state index in [4.69, 9.17) is 38.7 Å². The van der Waals surface area contributed by atoms with Gasteiger partial charge in [0.2, 0.25) is 0 Å². The van der Waals surface area contributed by atoms with Crippen molar-refractivity contribution in [1.82, 2.24) is 9.97 Å². The van der Waals surface area contributed by atoms with Crippen LogP contribution in [0.3, 0.4) is 0 Å². The van der Waals surface area contributed by atoms with E-state index in [1.807, 2.05) is 19.1 Å². The van der Waals surface area contributed by atoms with E-state index in [0.717, 1.165) is 61.5 Å². The van der Waals surface area contributed by atoms with Gasteiger partial charge in [0, 0.05) is 24.7 Å². The van der Waals surface area contributed by atoms with Gasteiger partial charge in [0.05, 0.1) is 33.6 Å². The summed E-state index contributed by atoms with van der Waals surface area (Å²) in [7, 11) is 0. The molecule has 2 aromatic rings. The van der Waals surface area contributed by atoms with Gasteiger partial charge >= 0.3 is 0 Å². The van der Waals surface area contributed by atoms with Gasteiger partial charge < -0.3 is 15.4 Å². The van der Waals surface area contributed by atoms with Crippen LogP contribution < -0.4 is 10.6 Å². The SMILES string of the molecule is Cc1nc(N2CCC3(CC2)C[C@@H](OC2CC2)C[C@H]3N)[c]nc1-c1cccc(Cl)c1Cl. The molecule has 2 N–H and O–H groups in total. The molecule has 1 aliphatic heterocycles. The Morgan fingerprint density at radius 3 is 2.67 bits per heavy atom. The van der Waals surface area contributed by atoms with E-state index < -0.39 is 0 Å². The third-order valence-electron chi connectivity index (χ3n) is 7.00. The average molecular weight is 446 g/mol. The van der Waals surface area contributed by atoms with Crippen LogP contribution in [0.2, 0.25) is 10.0 Å². The summed E-state index contributed by atoms with van der Waals surface area (Å²) in [5.74, 6) is 0.793. The van der Waals surface area contributed by atoms with Gasteiger partial charge in [-0.3, -0.25) is 0 Å². The van der Waals surface area contributed by atoms with Crippen LogP contribution in [-0.2, 0) is 4.74 Å². The van der Waals surface area contributed by atoms with Crippen molar-refractivity contribution in [3.05, 3.63) is 40.1 Å². The molecule has 3 aliphatic rings. The molecule has 159 valence electrons. The number of anilines is 1. The molecule has 2 atom stereocenters. The Hall–Kier alpha value is -1.40. The first-order chi connectivity index (χ1) is 14.4. The Labute approximate surface area is 187 Å². The van der Waals surface area contributed by atoms with Crippen molar-refractivity contribution in [2.24, 2.45) is 11.1 Å². The van der Waals surface area contributed by atoms with E-state index in [-0.39, 0.29) is 11.5 Å². The van der Waals surface area contributed by atoms with Crippen molar-refractivity contribution in [3.63, 3.8) is 0 Å².